The van der Waals surface area contributed by atoms with Gasteiger partial charge in [0.05, 0.1) is 0 Å². The Balaban J connectivity index is 1.79. The van der Waals surface area contributed by atoms with Crippen molar-refractivity contribution in [2.24, 2.45) is 0 Å². The predicted molar refractivity (Wildman–Crippen MR) is 65.3 cm³/mol. The van der Waals surface area contributed by atoms with Crippen LogP contribution in [0.2, 0.25) is 0 Å². The van der Waals surface area contributed by atoms with Crippen LogP contribution in [-0.2, 0) is 0 Å². The van der Waals surface area contributed by atoms with Crippen molar-refractivity contribution in [2.45, 2.75) is 42.7 Å². The zero-order valence-electron chi connectivity index (χ0n) is 8.91. The average molecular weight is 219 g/mol. The minimum Gasteiger partial charge on any atom is -0.307 e. The van der Waals surface area contributed by atoms with Crippen LogP contribution in [0, 0.1) is 0 Å². The van der Waals surface area contributed by atoms with E-state index in [0.29, 0.717) is 6.04 Å². The van der Waals surface area contributed by atoms with E-state index in [1.165, 1.54) is 41.9 Å². The number of hydrogen-bond acceptors (Lipinski definition) is 2. The lowest BCUT2D eigenvalue weighted by atomic mass is 9.91. The van der Waals surface area contributed by atoms with E-state index in [1.54, 1.807) is 0 Å². The molecule has 1 heterocycles. The van der Waals surface area contributed by atoms with Gasteiger partial charge in [0, 0.05) is 17.0 Å². The normalized spacial score (nSPS) is 25.7. The van der Waals surface area contributed by atoms with Crippen molar-refractivity contribution in [3.05, 3.63) is 29.8 Å². The lowest BCUT2D eigenvalue weighted by Gasteiger charge is -2.34. The third kappa shape index (κ3) is 1.93. The first kappa shape index (κ1) is 9.73. The van der Waals surface area contributed by atoms with Gasteiger partial charge < -0.3 is 5.32 Å². The van der Waals surface area contributed by atoms with E-state index in [9.17, 15) is 0 Å². The highest BCUT2D eigenvalue weighted by molar-refractivity contribution is 7.99. The fraction of sp³-hybridized carbons (Fsp3) is 0.538. The molecule has 1 nitrogen and oxygen atoms in total. The van der Waals surface area contributed by atoms with Crippen LogP contribution in [0.25, 0.3) is 0 Å². The van der Waals surface area contributed by atoms with E-state index in [0.717, 1.165) is 6.04 Å². The van der Waals surface area contributed by atoms with Gasteiger partial charge in [0.15, 0.2) is 0 Å². The van der Waals surface area contributed by atoms with Gasteiger partial charge in [-0.1, -0.05) is 24.6 Å². The average Bonchev–Trinajstić information content (AvgIpc) is 2.23. The Kier molecular flexibility index (Phi) is 2.72. The quantitative estimate of drug-likeness (QED) is 0.818. The van der Waals surface area contributed by atoms with Gasteiger partial charge in [-0.25, -0.2) is 0 Å². The number of fused-ring (bicyclic) bond motifs is 1. The highest BCUT2D eigenvalue weighted by Crippen LogP contribution is 2.37. The lowest BCUT2D eigenvalue weighted by Crippen LogP contribution is -2.38. The molecule has 2 heteroatoms. The molecule has 2 aliphatic rings. The molecule has 0 spiro atoms. The fourth-order valence-electron chi connectivity index (χ4n) is 2.37. The van der Waals surface area contributed by atoms with Crippen molar-refractivity contribution in [2.75, 3.05) is 5.75 Å². The van der Waals surface area contributed by atoms with Crippen molar-refractivity contribution in [1.29, 1.82) is 0 Å². The van der Waals surface area contributed by atoms with Crippen molar-refractivity contribution in [1.82, 2.24) is 5.32 Å². The second-order valence-electron chi connectivity index (χ2n) is 4.52. The second kappa shape index (κ2) is 4.18. The Morgan fingerprint density at radius 3 is 2.80 bits per heavy atom. The highest BCUT2D eigenvalue weighted by atomic mass is 32.2. The van der Waals surface area contributed by atoms with Crippen LogP contribution in [-0.4, -0.2) is 11.8 Å². The number of nitrogens with one attached hydrogen (secondary N) is 1. The molecule has 0 amide bonds. The zero-order chi connectivity index (χ0) is 10.1. The molecule has 80 valence electrons. The monoisotopic (exact) mass is 219 g/mol. The van der Waals surface area contributed by atoms with E-state index < -0.39 is 0 Å². The summed E-state index contributed by atoms with van der Waals surface area (Å²) in [4.78, 5) is 1.49. The Morgan fingerprint density at radius 1 is 1.13 bits per heavy atom. The Morgan fingerprint density at radius 2 is 2.00 bits per heavy atom. The van der Waals surface area contributed by atoms with E-state index in [2.05, 4.69) is 29.6 Å². The standard InChI is InChI=1S/C13H17NS/c1-2-7-13-11(6-1)12(8-9-15-13)14-10-4-3-5-10/h1-2,6-7,10,12,14H,3-5,8-9H2. The van der Waals surface area contributed by atoms with E-state index >= 15 is 0 Å². The van der Waals surface area contributed by atoms with Crippen LogP contribution in [0.5, 0.6) is 0 Å². The number of rotatable bonds is 2. The largest absolute Gasteiger partial charge is 0.307 e. The SMILES string of the molecule is c1ccc2c(c1)SCCC2NC1CCC1. The molecule has 1 saturated carbocycles. The molecule has 0 bridgehead atoms. The fourth-order valence-corrected chi connectivity index (χ4v) is 3.50. The first-order valence-electron chi connectivity index (χ1n) is 5.91. The maximum Gasteiger partial charge on any atom is 0.0341 e. The number of thioether (sulfide) groups is 1. The van der Waals surface area contributed by atoms with Gasteiger partial charge >= 0.3 is 0 Å². The van der Waals surface area contributed by atoms with Gasteiger partial charge in [0.2, 0.25) is 0 Å². The van der Waals surface area contributed by atoms with E-state index in [-0.39, 0.29) is 0 Å². The van der Waals surface area contributed by atoms with E-state index in [4.69, 9.17) is 0 Å². The third-order valence-electron chi connectivity index (χ3n) is 3.50. The molecule has 1 aliphatic heterocycles. The molecule has 0 saturated heterocycles. The molecule has 1 aromatic rings. The van der Waals surface area contributed by atoms with Gasteiger partial charge in [0.25, 0.3) is 0 Å². The molecule has 0 radical (unpaired) electrons. The van der Waals surface area contributed by atoms with Crippen molar-refractivity contribution >= 4 is 11.8 Å². The molecule has 15 heavy (non-hydrogen) atoms. The molecule has 1 fully saturated rings. The smallest absolute Gasteiger partial charge is 0.0341 e. The van der Waals surface area contributed by atoms with Gasteiger partial charge in [-0.15, -0.1) is 11.8 Å². The van der Waals surface area contributed by atoms with Crippen LogP contribution in [0.1, 0.15) is 37.3 Å². The van der Waals surface area contributed by atoms with E-state index in [1.807, 2.05) is 11.8 Å². The molecule has 1 aliphatic carbocycles. The predicted octanol–water partition coefficient (Wildman–Crippen LogP) is 3.37. The topological polar surface area (TPSA) is 12.0 Å². The molecule has 1 unspecified atom stereocenters. The van der Waals surface area contributed by atoms with Crippen LogP contribution in [0.3, 0.4) is 0 Å². The minimum atomic E-state index is 0.618. The van der Waals surface area contributed by atoms with Crippen LogP contribution >= 0.6 is 11.8 Å². The zero-order valence-corrected chi connectivity index (χ0v) is 9.72. The maximum atomic E-state index is 3.80. The highest BCUT2D eigenvalue weighted by Gasteiger charge is 2.25. The molecule has 1 aromatic carbocycles. The Hall–Kier alpha value is -0.470. The summed E-state index contributed by atoms with van der Waals surface area (Å²) >= 11 is 2.01. The molecular formula is C13H17NS. The van der Waals surface area contributed by atoms with Crippen LogP contribution < -0.4 is 5.32 Å². The third-order valence-corrected chi connectivity index (χ3v) is 4.62. The molecule has 1 atom stereocenters. The lowest BCUT2D eigenvalue weighted by molar-refractivity contribution is 0.300. The summed E-state index contributed by atoms with van der Waals surface area (Å²) in [6.07, 6.45) is 5.47. The summed E-state index contributed by atoms with van der Waals surface area (Å²) in [6.45, 7) is 0. The Labute approximate surface area is 95.6 Å². The van der Waals surface area contributed by atoms with Crippen molar-refractivity contribution < 1.29 is 0 Å². The van der Waals surface area contributed by atoms with Gasteiger partial charge in [-0.05, 0) is 36.6 Å². The van der Waals surface area contributed by atoms with Gasteiger partial charge in [-0.2, -0.15) is 0 Å². The molecule has 0 aromatic heterocycles. The summed E-state index contributed by atoms with van der Waals surface area (Å²) in [7, 11) is 0. The number of hydrogen-bond donors (Lipinski definition) is 1. The maximum absolute atomic E-state index is 3.80. The minimum absolute atomic E-state index is 0.618. The summed E-state index contributed by atoms with van der Waals surface area (Å²) in [6, 6.07) is 10.3. The first-order chi connectivity index (χ1) is 7.43. The molecule has 3 rings (SSSR count). The first-order valence-corrected chi connectivity index (χ1v) is 6.90. The molecular weight excluding hydrogens is 202 g/mol. The van der Waals surface area contributed by atoms with Gasteiger partial charge in [-0.3, -0.25) is 0 Å². The number of benzene rings is 1. The summed E-state index contributed by atoms with van der Waals surface area (Å²) < 4.78 is 0. The van der Waals surface area contributed by atoms with Gasteiger partial charge in [0.1, 0.15) is 0 Å². The summed E-state index contributed by atoms with van der Waals surface area (Å²) in [5.41, 5.74) is 1.53. The summed E-state index contributed by atoms with van der Waals surface area (Å²) in [5, 5.41) is 3.80. The Bertz CT molecular complexity index is 346. The van der Waals surface area contributed by atoms with Crippen molar-refractivity contribution in [3.8, 4) is 0 Å². The second-order valence-corrected chi connectivity index (χ2v) is 5.66. The van der Waals surface area contributed by atoms with Crippen molar-refractivity contribution in [3.63, 3.8) is 0 Å². The van der Waals surface area contributed by atoms with Crippen LogP contribution in [0.15, 0.2) is 29.2 Å². The summed E-state index contributed by atoms with van der Waals surface area (Å²) in [5.74, 6) is 1.27. The van der Waals surface area contributed by atoms with Crippen LogP contribution in [0.4, 0.5) is 0 Å². The molecule has 1 N–H and O–H groups in total.